The fourth-order valence-corrected chi connectivity index (χ4v) is 3.84. The van der Waals surface area contributed by atoms with Crippen LogP contribution in [0.3, 0.4) is 0 Å². The van der Waals surface area contributed by atoms with Crippen molar-refractivity contribution in [2.45, 2.75) is 18.2 Å². The van der Waals surface area contributed by atoms with E-state index in [1.165, 1.54) is 17.8 Å². The number of anilines is 1. The largest absolute Gasteiger partial charge is 0.493 e. The predicted molar refractivity (Wildman–Crippen MR) is 136 cm³/mol. The van der Waals surface area contributed by atoms with Crippen molar-refractivity contribution in [3.63, 3.8) is 0 Å². The Morgan fingerprint density at radius 3 is 2.57 bits per heavy atom. The number of thioether (sulfide) groups is 1. The van der Waals surface area contributed by atoms with E-state index in [1.54, 1.807) is 38.5 Å². The second-order valence-corrected chi connectivity index (χ2v) is 8.11. The summed E-state index contributed by atoms with van der Waals surface area (Å²) in [7, 11) is 3.12. The monoisotopic (exact) mass is 493 g/mol. The van der Waals surface area contributed by atoms with Crippen LogP contribution in [-0.2, 0) is 22.7 Å². The van der Waals surface area contributed by atoms with Crippen LogP contribution in [-0.4, -0.2) is 46.6 Å². The molecule has 0 aliphatic rings. The zero-order valence-corrected chi connectivity index (χ0v) is 20.4. The Morgan fingerprint density at radius 1 is 1.09 bits per heavy atom. The maximum absolute atomic E-state index is 12.3. The Bertz CT molecular complexity index is 1190. The van der Waals surface area contributed by atoms with E-state index in [2.05, 4.69) is 27.4 Å². The Balaban J connectivity index is 1.57. The highest BCUT2D eigenvalue weighted by Gasteiger charge is 2.14. The maximum atomic E-state index is 12.3. The van der Waals surface area contributed by atoms with Crippen molar-refractivity contribution in [2.24, 2.45) is 0 Å². The number of carbonyl (C=O) groups excluding carboxylic acids is 2. The van der Waals surface area contributed by atoms with Gasteiger partial charge in [0.15, 0.2) is 22.5 Å². The number of rotatable bonds is 12. The van der Waals surface area contributed by atoms with Crippen molar-refractivity contribution in [3.8, 4) is 11.5 Å². The summed E-state index contributed by atoms with van der Waals surface area (Å²) in [5, 5.41) is 14.6. The average Bonchev–Trinajstić information content (AvgIpc) is 3.26. The van der Waals surface area contributed by atoms with Gasteiger partial charge < -0.3 is 24.7 Å². The predicted octanol–water partition coefficient (Wildman–Crippen LogP) is 3.54. The lowest BCUT2D eigenvalue weighted by molar-refractivity contribution is -0.116. The van der Waals surface area contributed by atoms with Crippen molar-refractivity contribution >= 4 is 35.3 Å². The van der Waals surface area contributed by atoms with Crippen LogP contribution in [0.15, 0.2) is 72.4 Å². The highest BCUT2D eigenvalue weighted by molar-refractivity contribution is 7.99. The number of para-hydroxylation sites is 1. The van der Waals surface area contributed by atoms with Crippen molar-refractivity contribution < 1.29 is 19.1 Å². The van der Waals surface area contributed by atoms with Crippen LogP contribution in [0.1, 0.15) is 11.4 Å². The van der Waals surface area contributed by atoms with Crippen LogP contribution in [0.5, 0.6) is 11.5 Å². The number of aromatic nitrogens is 3. The van der Waals surface area contributed by atoms with E-state index in [1.807, 2.05) is 41.0 Å². The van der Waals surface area contributed by atoms with Crippen molar-refractivity contribution in [3.05, 3.63) is 78.6 Å². The highest BCUT2D eigenvalue weighted by Crippen LogP contribution is 2.28. The van der Waals surface area contributed by atoms with E-state index in [-0.39, 0.29) is 24.1 Å². The minimum Gasteiger partial charge on any atom is -0.493 e. The Kier molecular flexibility index (Phi) is 9.49. The number of methoxy groups -OCH3 is 2. The Morgan fingerprint density at radius 2 is 1.86 bits per heavy atom. The van der Waals surface area contributed by atoms with Gasteiger partial charge in [-0.15, -0.1) is 16.8 Å². The van der Waals surface area contributed by atoms with Crippen molar-refractivity contribution in [1.82, 2.24) is 20.1 Å². The first-order chi connectivity index (χ1) is 17.0. The van der Waals surface area contributed by atoms with Gasteiger partial charge in [-0.25, -0.2) is 0 Å². The quantitative estimate of drug-likeness (QED) is 0.226. The van der Waals surface area contributed by atoms with E-state index >= 15 is 0 Å². The second-order valence-electron chi connectivity index (χ2n) is 7.17. The van der Waals surface area contributed by atoms with Gasteiger partial charge in [0.2, 0.25) is 11.8 Å². The molecule has 0 bridgehead atoms. The van der Waals surface area contributed by atoms with Crippen LogP contribution < -0.4 is 20.1 Å². The third-order valence-electron chi connectivity index (χ3n) is 4.75. The molecule has 3 aromatic rings. The lowest BCUT2D eigenvalue weighted by Crippen LogP contribution is -2.23. The standard InChI is InChI=1S/C25H27N5O4S/c1-4-14-30-22(28-29-25(30)35-17-24(32)27-19-8-6-5-7-9-19)16-26-23(31)13-11-18-10-12-20(33-2)21(15-18)34-3/h4-13,15H,1,14,16-17H2,2-3H3,(H,26,31)(H,27,32)/b13-11+. The molecule has 0 unspecified atom stereocenters. The van der Waals surface area contributed by atoms with Gasteiger partial charge in [0, 0.05) is 18.3 Å². The molecule has 0 spiro atoms. The minimum absolute atomic E-state index is 0.149. The third kappa shape index (κ3) is 7.47. The van der Waals surface area contributed by atoms with Crippen LogP contribution in [0.25, 0.3) is 6.08 Å². The number of hydrogen-bond donors (Lipinski definition) is 2. The second kappa shape index (κ2) is 13.0. The van der Waals surface area contributed by atoms with Crippen LogP contribution in [0, 0.1) is 0 Å². The molecule has 10 heteroatoms. The van der Waals surface area contributed by atoms with Gasteiger partial charge in [-0.05, 0) is 35.9 Å². The normalized spacial score (nSPS) is 10.7. The average molecular weight is 494 g/mol. The van der Waals surface area contributed by atoms with Gasteiger partial charge >= 0.3 is 0 Å². The SMILES string of the molecule is C=CCn1c(CNC(=O)/C=C/c2ccc(OC)c(OC)c2)nnc1SCC(=O)Nc1ccccc1. The number of hydrogen-bond acceptors (Lipinski definition) is 7. The van der Waals surface area contributed by atoms with Gasteiger partial charge in [-0.3, -0.25) is 9.59 Å². The molecule has 3 rings (SSSR count). The smallest absolute Gasteiger partial charge is 0.244 e. The number of nitrogens with one attached hydrogen (secondary N) is 2. The van der Waals surface area contributed by atoms with E-state index in [0.717, 1.165) is 11.3 Å². The van der Waals surface area contributed by atoms with E-state index in [4.69, 9.17) is 9.47 Å². The summed E-state index contributed by atoms with van der Waals surface area (Å²) in [6.07, 6.45) is 4.82. The fourth-order valence-electron chi connectivity index (χ4n) is 3.07. The van der Waals surface area contributed by atoms with Crippen molar-refractivity contribution in [1.29, 1.82) is 0 Å². The summed E-state index contributed by atoms with van der Waals surface area (Å²) in [6.45, 7) is 4.39. The minimum atomic E-state index is -0.288. The molecule has 0 saturated heterocycles. The van der Waals surface area contributed by atoms with Gasteiger partial charge in [0.1, 0.15) is 0 Å². The van der Waals surface area contributed by atoms with E-state index < -0.39 is 0 Å². The van der Waals surface area contributed by atoms with Gasteiger partial charge in [0.05, 0.1) is 26.5 Å². The molecule has 0 fully saturated rings. The van der Waals surface area contributed by atoms with Crippen LogP contribution in [0.2, 0.25) is 0 Å². The van der Waals surface area contributed by atoms with Crippen LogP contribution >= 0.6 is 11.8 Å². The zero-order valence-electron chi connectivity index (χ0n) is 19.6. The lowest BCUT2D eigenvalue weighted by atomic mass is 10.2. The van der Waals surface area contributed by atoms with Gasteiger partial charge in [-0.2, -0.15) is 0 Å². The molecule has 2 aromatic carbocycles. The summed E-state index contributed by atoms with van der Waals surface area (Å²) in [4.78, 5) is 24.6. The van der Waals surface area contributed by atoms with E-state index in [0.29, 0.717) is 29.0 Å². The number of benzene rings is 2. The molecule has 0 aliphatic carbocycles. The third-order valence-corrected chi connectivity index (χ3v) is 5.72. The number of allylic oxidation sites excluding steroid dienone is 1. The van der Waals surface area contributed by atoms with Gasteiger partial charge in [0.25, 0.3) is 0 Å². The molecule has 0 radical (unpaired) electrons. The first kappa shape index (κ1) is 25.6. The number of carbonyl (C=O) groups is 2. The molecule has 182 valence electrons. The molecule has 2 N–H and O–H groups in total. The summed E-state index contributed by atoms with van der Waals surface area (Å²) >= 11 is 1.26. The van der Waals surface area contributed by atoms with Gasteiger partial charge in [-0.1, -0.05) is 42.1 Å². The summed E-state index contributed by atoms with van der Waals surface area (Å²) < 4.78 is 12.3. The molecule has 35 heavy (non-hydrogen) atoms. The molecular formula is C25H27N5O4S. The fraction of sp³-hybridized carbons (Fsp3) is 0.200. The Hall–Kier alpha value is -4.05. The molecule has 1 heterocycles. The summed E-state index contributed by atoms with van der Waals surface area (Å²) in [5.74, 6) is 1.49. The molecular weight excluding hydrogens is 466 g/mol. The molecule has 0 atom stereocenters. The summed E-state index contributed by atoms with van der Waals surface area (Å²) in [5.41, 5.74) is 1.52. The molecule has 0 aliphatic heterocycles. The maximum Gasteiger partial charge on any atom is 0.244 e. The number of ether oxygens (including phenoxy) is 2. The zero-order chi connectivity index (χ0) is 25.0. The summed E-state index contributed by atoms with van der Waals surface area (Å²) in [6, 6.07) is 14.6. The molecule has 0 saturated carbocycles. The van der Waals surface area contributed by atoms with E-state index in [9.17, 15) is 9.59 Å². The lowest BCUT2D eigenvalue weighted by Gasteiger charge is -2.09. The topological polar surface area (TPSA) is 107 Å². The van der Waals surface area contributed by atoms with Crippen LogP contribution in [0.4, 0.5) is 5.69 Å². The van der Waals surface area contributed by atoms with Crippen molar-refractivity contribution in [2.75, 3.05) is 25.3 Å². The Labute approximate surface area is 208 Å². The first-order valence-corrected chi connectivity index (χ1v) is 11.7. The highest BCUT2D eigenvalue weighted by atomic mass is 32.2. The molecule has 1 aromatic heterocycles. The number of amides is 2. The molecule has 9 nitrogen and oxygen atoms in total. The number of nitrogens with zero attached hydrogens (tertiary/aromatic N) is 3. The molecule has 2 amide bonds. The first-order valence-electron chi connectivity index (χ1n) is 10.7.